The van der Waals surface area contributed by atoms with E-state index in [0.717, 1.165) is 32.7 Å². The molecule has 1 aliphatic rings. The Morgan fingerprint density at radius 3 is 2.56 bits per heavy atom. The summed E-state index contributed by atoms with van der Waals surface area (Å²) in [6, 6.07) is 17.4. The zero-order valence-corrected chi connectivity index (χ0v) is 16.3. The normalized spacial score (nSPS) is 16.4. The first kappa shape index (κ1) is 19.5. The monoisotopic (exact) mass is 384 g/mol. The zero-order valence-electron chi connectivity index (χ0n) is 15.6. The quantitative estimate of drug-likeness (QED) is 0.755. The fourth-order valence-electron chi connectivity index (χ4n) is 3.10. The Morgan fingerprint density at radius 1 is 1.11 bits per heavy atom. The highest BCUT2D eigenvalue weighted by atomic mass is 35.5. The van der Waals surface area contributed by atoms with Crippen molar-refractivity contribution in [1.82, 2.24) is 9.80 Å². The molecule has 1 amide bonds. The molecule has 4 nitrogen and oxygen atoms in total. The summed E-state index contributed by atoms with van der Waals surface area (Å²) in [4.78, 5) is 16.9. The van der Waals surface area contributed by atoms with Gasteiger partial charge in [-0.05, 0) is 30.7 Å². The Labute approximate surface area is 166 Å². The van der Waals surface area contributed by atoms with Gasteiger partial charge in [0.2, 0.25) is 0 Å². The first-order valence-corrected chi connectivity index (χ1v) is 9.64. The van der Waals surface area contributed by atoms with Gasteiger partial charge >= 0.3 is 0 Å². The predicted octanol–water partition coefficient (Wildman–Crippen LogP) is 3.96. The van der Waals surface area contributed by atoms with Crippen molar-refractivity contribution in [2.45, 2.75) is 13.0 Å². The average Bonchev–Trinajstić information content (AvgIpc) is 2.69. The van der Waals surface area contributed by atoms with Crippen LogP contribution >= 0.6 is 11.6 Å². The summed E-state index contributed by atoms with van der Waals surface area (Å²) in [6.07, 6.45) is 3.80. The summed E-state index contributed by atoms with van der Waals surface area (Å²) in [7, 11) is 0. The maximum atomic E-state index is 12.6. The minimum Gasteiger partial charge on any atom is -0.481 e. The third-order valence-electron chi connectivity index (χ3n) is 4.61. The molecule has 0 spiro atoms. The van der Waals surface area contributed by atoms with Crippen LogP contribution in [0.25, 0.3) is 6.08 Å². The highest BCUT2D eigenvalue weighted by molar-refractivity contribution is 6.30. The number of nitrogens with zero attached hydrogens (tertiary/aromatic N) is 2. The van der Waals surface area contributed by atoms with Gasteiger partial charge in [-0.1, -0.05) is 60.2 Å². The second kappa shape index (κ2) is 9.58. The number of hydrogen-bond donors (Lipinski definition) is 0. The number of hydrogen-bond acceptors (Lipinski definition) is 3. The number of piperazine rings is 1. The molecule has 0 radical (unpaired) electrons. The lowest BCUT2D eigenvalue weighted by Gasteiger charge is -2.35. The summed E-state index contributed by atoms with van der Waals surface area (Å²) < 4.78 is 5.75. The molecule has 2 aromatic rings. The molecule has 1 aliphatic heterocycles. The van der Waals surface area contributed by atoms with Gasteiger partial charge in [-0.15, -0.1) is 0 Å². The molecule has 0 aromatic heterocycles. The van der Waals surface area contributed by atoms with Crippen LogP contribution in [0.5, 0.6) is 5.75 Å². The summed E-state index contributed by atoms with van der Waals surface area (Å²) in [5.74, 6) is 0.641. The topological polar surface area (TPSA) is 32.8 Å². The van der Waals surface area contributed by atoms with Crippen LogP contribution in [0.2, 0.25) is 5.02 Å². The zero-order chi connectivity index (χ0) is 19.1. The molecule has 2 aromatic carbocycles. The Balaban J connectivity index is 1.44. The lowest BCUT2D eigenvalue weighted by Crippen LogP contribution is -2.51. The van der Waals surface area contributed by atoms with E-state index < -0.39 is 6.10 Å². The molecular formula is C22H25ClN2O2. The largest absolute Gasteiger partial charge is 0.481 e. The molecule has 5 heteroatoms. The maximum Gasteiger partial charge on any atom is 0.263 e. The molecule has 0 bridgehead atoms. The van der Waals surface area contributed by atoms with Crippen molar-refractivity contribution in [2.75, 3.05) is 32.7 Å². The first-order valence-electron chi connectivity index (χ1n) is 9.27. The van der Waals surface area contributed by atoms with E-state index in [1.54, 1.807) is 19.1 Å². The van der Waals surface area contributed by atoms with E-state index in [1.807, 2.05) is 35.2 Å². The maximum absolute atomic E-state index is 12.6. The van der Waals surface area contributed by atoms with Gasteiger partial charge in [-0.25, -0.2) is 0 Å². The van der Waals surface area contributed by atoms with Gasteiger partial charge in [-0.2, -0.15) is 0 Å². The van der Waals surface area contributed by atoms with Gasteiger partial charge in [0.05, 0.1) is 0 Å². The van der Waals surface area contributed by atoms with Crippen molar-refractivity contribution in [1.29, 1.82) is 0 Å². The molecule has 1 heterocycles. The van der Waals surface area contributed by atoms with E-state index in [0.29, 0.717) is 10.8 Å². The molecule has 1 fully saturated rings. The Kier molecular flexibility index (Phi) is 6.91. The highest BCUT2D eigenvalue weighted by Crippen LogP contribution is 2.19. The molecule has 0 unspecified atom stereocenters. The van der Waals surface area contributed by atoms with Crippen LogP contribution < -0.4 is 4.74 Å². The number of carbonyl (C=O) groups excluding carboxylic acids is 1. The van der Waals surface area contributed by atoms with Crippen molar-refractivity contribution >= 4 is 23.6 Å². The number of carbonyl (C=O) groups is 1. The summed E-state index contributed by atoms with van der Waals surface area (Å²) in [6.45, 7) is 5.87. The van der Waals surface area contributed by atoms with Crippen LogP contribution in [0.4, 0.5) is 0 Å². The van der Waals surface area contributed by atoms with Gasteiger partial charge in [0.25, 0.3) is 5.91 Å². The molecule has 1 atom stereocenters. The SMILES string of the molecule is C[C@@H](Oc1cccc(Cl)c1)C(=O)N1CCN(C/C=C\c2ccccc2)CC1. The average molecular weight is 385 g/mol. The van der Waals surface area contributed by atoms with Crippen LogP contribution in [0.1, 0.15) is 12.5 Å². The van der Waals surface area contributed by atoms with E-state index in [1.165, 1.54) is 5.56 Å². The minimum atomic E-state index is -0.520. The second-order valence-electron chi connectivity index (χ2n) is 6.66. The fourth-order valence-corrected chi connectivity index (χ4v) is 3.29. The van der Waals surface area contributed by atoms with Crippen molar-refractivity contribution in [3.63, 3.8) is 0 Å². The van der Waals surface area contributed by atoms with Crippen LogP contribution in [-0.4, -0.2) is 54.5 Å². The lowest BCUT2D eigenvalue weighted by molar-refractivity contribution is -0.139. The van der Waals surface area contributed by atoms with Crippen LogP contribution in [0.15, 0.2) is 60.7 Å². The molecule has 0 aliphatic carbocycles. The van der Waals surface area contributed by atoms with E-state index in [-0.39, 0.29) is 5.91 Å². The van der Waals surface area contributed by atoms with Crippen molar-refractivity contribution in [2.24, 2.45) is 0 Å². The highest BCUT2D eigenvalue weighted by Gasteiger charge is 2.25. The molecule has 3 rings (SSSR count). The Bertz CT molecular complexity index is 771. The summed E-state index contributed by atoms with van der Waals surface area (Å²) >= 11 is 5.97. The van der Waals surface area contributed by atoms with Gasteiger partial charge in [0, 0.05) is 37.7 Å². The summed E-state index contributed by atoms with van der Waals surface area (Å²) in [5.41, 5.74) is 1.21. The van der Waals surface area contributed by atoms with Gasteiger partial charge in [0.1, 0.15) is 5.75 Å². The number of benzene rings is 2. The van der Waals surface area contributed by atoms with Crippen molar-refractivity contribution in [3.8, 4) is 5.75 Å². The molecule has 0 saturated carbocycles. The lowest BCUT2D eigenvalue weighted by atomic mass is 10.2. The van der Waals surface area contributed by atoms with E-state index >= 15 is 0 Å². The van der Waals surface area contributed by atoms with Crippen LogP contribution in [0, 0.1) is 0 Å². The third kappa shape index (κ3) is 5.84. The molecule has 1 saturated heterocycles. The number of rotatable bonds is 6. The van der Waals surface area contributed by atoms with E-state index in [2.05, 4.69) is 29.2 Å². The number of amides is 1. The van der Waals surface area contributed by atoms with Gasteiger partial charge in [0.15, 0.2) is 6.10 Å². The number of halogens is 1. The van der Waals surface area contributed by atoms with E-state index in [9.17, 15) is 4.79 Å². The molecular weight excluding hydrogens is 360 g/mol. The Hall–Kier alpha value is -2.30. The molecule has 27 heavy (non-hydrogen) atoms. The van der Waals surface area contributed by atoms with Crippen molar-refractivity contribution < 1.29 is 9.53 Å². The standard InChI is InChI=1S/C22H25ClN2O2/c1-18(27-21-11-5-10-20(23)17-21)22(26)25-15-13-24(14-16-25)12-6-9-19-7-3-2-4-8-19/h2-11,17-18H,12-16H2,1H3/b9-6-/t18-/m1/s1. The Morgan fingerprint density at radius 2 is 1.85 bits per heavy atom. The fraction of sp³-hybridized carbons (Fsp3) is 0.318. The van der Waals surface area contributed by atoms with Crippen molar-refractivity contribution in [3.05, 3.63) is 71.3 Å². The van der Waals surface area contributed by atoms with Crippen LogP contribution in [-0.2, 0) is 4.79 Å². The smallest absolute Gasteiger partial charge is 0.263 e. The van der Waals surface area contributed by atoms with Gasteiger partial charge in [-0.3, -0.25) is 9.69 Å². The molecule has 0 N–H and O–H groups in total. The van der Waals surface area contributed by atoms with Crippen LogP contribution in [0.3, 0.4) is 0 Å². The minimum absolute atomic E-state index is 0.0226. The molecule has 142 valence electrons. The first-order chi connectivity index (χ1) is 13.1. The summed E-state index contributed by atoms with van der Waals surface area (Å²) in [5, 5.41) is 0.601. The number of ether oxygens (including phenoxy) is 1. The predicted molar refractivity (Wildman–Crippen MR) is 110 cm³/mol. The second-order valence-corrected chi connectivity index (χ2v) is 7.09. The third-order valence-corrected chi connectivity index (χ3v) is 4.85. The van der Waals surface area contributed by atoms with E-state index in [4.69, 9.17) is 16.3 Å². The van der Waals surface area contributed by atoms with Gasteiger partial charge < -0.3 is 9.64 Å².